The van der Waals surface area contributed by atoms with E-state index in [0.29, 0.717) is 28.6 Å². The topological polar surface area (TPSA) is 104 Å². The molecule has 0 aliphatic heterocycles. The molecule has 160 valence electrons. The molecule has 9 heteroatoms. The SMILES string of the molecule is COc1cc(C=CC(=O)Nc2ncc(Cc3ccc(F)cc3)s2)ccc1OCC(N)=O. The summed E-state index contributed by atoms with van der Waals surface area (Å²) in [5.41, 5.74) is 6.73. The van der Waals surface area contributed by atoms with Crippen molar-refractivity contribution in [3.63, 3.8) is 0 Å². The van der Waals surface area contributed by atoms with Gasteiger partial charge in [0.05, 0.1) is 7.11 Å². The van der Waals surface area contributed by atoms with Crippen LogP contribution in [0, 0.1) is 5.82 Å². The number of carbonyl (C=O) groups is 2. The molecule has 0 aliphatic carbocycles. The van der Waals surface area contributed by atoms with Crippen LogP contribution in [0.3, 0.4) is 0 Å². The zero-order chi connectivity index (χ0) is 22.2. The lowest BCUT2D eigenvalue weighted by Crippen LogP contribution is -2.20. The molecule has 0 saturated carbocycles. The minimum absolute atomic E-state index is 0.259. The zero-order valence-electron chi connectivity index (χ0n) is 16.6. The van der Waals surface area contributed by atoms with Crippen LogP contribution in [0.4, 0.5) is 9.52 Å². The number of nitrogens with zero attached hydrogens (tertiary/aromatic N) is 1. The summed E-state index contributed by atoms with van der Waals surface area (Å²) in [6.07, 6.45) is 5.28. The Hall–Kier alpha value is -3.72. The number of halogens is 1. The van der Waals surface area contributed by atoms with E-state index in [0.717, 1.165) is 10.4 Å². The monoisotopic (exact) mass is 441 g/mol. The summed E-state index contributed by atoms with van der Waals surface area (Å²) in [6.45, 7) is -0.259. The van der Waals surface area contributed by atoms with Crippen molar-refractivity contribution in [3.8, 4) is 11.5 Å². The molecule has 2 aromatic carbocycles. The maximum atomic E-state index is 13.0. The van der Waals surface area contributed by atoms with Crippen molar-refractivity contribution in [1.82, 2.24) is 4.98 Å². The molecule has 0 radical (unpaired) electrons. The molecule has 0 aliphatic rings. The highest BCUT2D eigenvalue weighted by atomic mass is 32.1. The van der Waals surface area contributed by atoms with Crippen molar-refractivity contribution >= 4 is 34.4 Å². The molecule has 3 aromatic rings. The third-order valence-electron chi connectivity index (χ3n) is 4.06. The first-order chi connectivity index (χ1) is 14.9. The van der Waals surface area contributed by atoms with Gasteiger partial charge in [0.15, 0.2) is 23.2 Å². The zero-order valence-corrected chi connectivity index (χ0v) is 17.4. The lowest BCUT2D eigenvalue weighted by molar-refractivity contribution is -0.120. The van der Waals surface area contributed by atoms with Gasteiger partial charge in [-0.3, -0.25) is 14.9 Å². The molecule has 0 fully saturated rings. The Morgan fingerprint density at radius 2 is 1.97 bits per heavy atom. The molecule has 31 heavy (non-hydrogen) atoms. The van der Waals surface area contributed by atoms with Crippen molar-refractivity contribution in [2.45, 2.75) is 6.42 Å². The van der Waals surface area contributed by atoms with Crippen molar-refractivity contribution in [2.24, 2.45) is 5.73 Å². The molecule has 3 N–H and O–H groups in total. The Labute approximate surface area is 182 Å². The number of rotatable bonds is 9. The summed E-state index contributed by atoms with van der Waals surface area (Å²) < 4.78 is 23.5. The number of aromatic nitrogens is 1. The van der Waals surface area contributed by atoms with Gasteiger partial charge >= 0.3 is 0 Å². The average Bonchev–Trinajstić information content (AvgIpc) is 3.19. The maximum Gasteiger partial charge on any atom is 0.255 e. The summed E-state index contributed by atoms with van der Waals surface area (Å²) in [4.78, 5) is 28.2. The third-order valence-corrected chi connectivity index (χ3v) is 4.97. The van der Waals surface area contributed by atoms with E-state index in [1.165, 1.54) is 36.7 Å². The minimum atomic E-state index is -0.592. The Bertz CT molecular complexity index is 1100. The smallest absolute Gasteiger partial charge is 0.255 e. The van der Waals surface area contributed by atoms with Crippen LogP contribution in [0.1, 0.15) is 16.0 Å². The van der Waals surface area contributed by atoms with E-state index < -0.39 is 5.91 Å². The van der Waals surface area contributed by atoms with E-state index in [1.54, 1.807) is 42.6 Å². The number of ether oxygens (including phenoxy) is 2. The first-order valence-corrected chi connectivity index (χ1v) is 10.0. The fourth-order valence-corrected chi connectivity index (χ4v) is 3.48. The van der Waals surface area contributed by atoms with Gasteiger partial charge in [0, 0.05) is 23.6 Å². The number of benzene rings is 2. The second-order valence-corrected chi connectivity index (χ2v) is 7.54. The number of hydrogen-bond donors (Lipinski definition) is 2. The van der Waals surface area contributed by atoms with Crippen molar-refractivity contribution in [1.29, 1.82) is 0 Å². The third kappa shape index (κ3) is 6.65. The fraction of sp³-hybridized carbons (Fsp3) is 0.136. The lowest BCUT2D eigenvalue weighted by atomic mass is 10.1. The van der Waals surface area contributed by atoms with Crippen molar-refractivity contribution in [3.05, 3.63) is 76.6 Å². The second-order valence-electron chi connectivity index (χ2n) is 6.42. The Balaban J connectivity index is 1.58. The van der Waals surface area contributed by atoms with Gasteiger partial charge in [0.1, 0.15) is 5.82 Å². The number of hydrogen-bond acceptors (Lipinski definition) is 6. The van der Waals surface area contributed by atoms with E-state index >= 15 is 0 Å². The standard InChI is InChI=1S/C22H20FN3O4S/c1-29-19-11-15(4-8-18(19)30-13-20(24)27)5-9-21(28)26-22-25-12-17(31-22)10-14-2-6-16(23)7-3-14/h2-9,11-12H,10,13H2,1H3,(H2,24,27)(H,25,26,28). The number of anilines is 1. The Morgan fingerprint density at radius 3 is 2.68 bits per heavy atom. The van der Waals surface area contributed by atoms with E-state index in [-0.39, 0.29) is 18.3 Å². The second kappa shape index (κ2) is 10.4. The van der Waals surface area contributed by atoms with Gasteiger partial charge in [0.2, 0.25) is 5.91 Å². The van der Waals surface area contributed by atoms with Crippen LogP contribution < -0.4 is 20.5 Å². The molecule has 2 amide bonds. The van der Waals surface area contributed by atoms with Crippen LogP contribution in [0.15, 0.2) is 54.7 Å². The van der Waals surface area contributed by atoms with Gasteiger partial charge in [-0.05, 0) is 41.5 Å². The largest absolute Gasteiger partial charge is 0.493 e. The predicted octanol–water partition coefficient (Wildman–Crippen LogP) is 3.40. The Morgan fingerprint density at radius 1 is 1.19 bits per heavy atom. The highest BCUT2D eigenvalue weighted by Crippen LogP contribution is 2.28. The highest BCUT2D eigenvalue weighted by Gasteiger charge is 2.08. The predicted molar refractivity (Wildman–Crippen MR) is 117 cm³/mol. The first kappa shape index (κ1) is 22.0. The summed E-state index contributed by atoms with van der Waals surface area (Å²) in [5.74, 6) is -0.423. The van der Waals surface area contributed by atoms with Crippen molar-refractivity contribution in [2.75, 3.05) is 19.0 Å². The number of nitrogens with two attached hydrogens (primary N) is 1. The molecule has 0 saturated heterocycles. The maximum absolute atomic E-state index is 13.0. The summed E-state index contributed by atoms with van der Waals surface area (Å²) in [5, 5.41) is 3.19. The van der Waals surface area contributed by atoms with Crippen molar-refractivity contribution < 1.29 is 23.5 Å². The first-order valence-electron chi connectivity index (χ1n) is 9.20. The summed E-state index contributed by atoms with van der Waals surface area (Å²) >= 11 is 1.35. The Kier molecular flexibility index (Phi) is 7.34. The van der Waals surface area contributed by atoms with Gasteiger partial charge in [-0.1, -0.05) is 18.2 Å². The van der Waals surface area contributed by atoms with Crippen LogP contribution in [-0.2, 0) is 16.0 Å². The molecule has 3 rings (SSSR count). The number of methoxy groups -OCH3 is 1. The van der Waals surface area contributed by atoms with E-state index in [1.807, 2.05) is 0 Å². The lowest BCUT2D eigenvalue weighted by Gasteiger charge is -2.09. The number of thiazole rings is 1. The van der Waals surface area contributed by atoms with Crippen LogP contribution in [0.5, 0.6) is 11.5 Å². The van der Waals surface area contributed by atoms with Gasteiger partial charge in [-0.2, -0.15) is 0 Å². The quantitative estimate of drug-likeness (QED) is 0.496. The number of amides is 2. The normalized spacial score (nSPS) is 10.8. The molecule has 1 heterocycles. The van der Waals surface area contributed by atoms with Crippen LogP contribution in [0.25, 0.3) is 6.08 Å². The number of carbonyl (C=O) groups excluding carboxylic acids is 2. The number of nitrogens with one attached hydrogen (secondary N) is 1. The molecular weight excluding hydrogens is 421 g/mol. The van der Waals surface area contributed by atoms with E-state index in [9.17, 15) is 14.0 Å². The molecule has 7 nitrogen and oxygen atoms in total. The number of primary amides is 1. The molecule has 1 aromatic heterocycles. The molecule has 0 unspecified atom stereocenters. The van der Waals surface area contributed by atoms with Gasteiger partial charge in [0.25, 0.3) is 5.91 Å². The van der Waals surface area contributed by atoms with E-state index in [4.69, 9.17) is 15.2 Å². The van der Waals surface area contributed by atoms with Crippen LogP contribution in [-0.4, -0.2) is 30.5 Å². The van der Waals surface area contributed by atoms with Gasteiger partial charge in [-0.25, -0.2) is 9.37 Å². The fourth-order valence-electron chi connectivity index (χ4n) is 2.63. The molecule has 0 spiro atoms. The molecular formula is C22H20FN3O4S. The summed E-state index contributed by atoms with van der Waals surface area (Å²) in [7, 11) is 1.47. The van der Waals surface area contributed by atoms with Gasteiger partial charge < -0.3 is 15.2 Å². The van der Waals surface area contributed by atoms with Crippen LogP contribution in [0.2, 0.25) is 0 Å². The molecule has 0 bridgehead atoms. The minimum Gasteiger partial charge on any atom is -0.493 e. The van der Waals surface area contributed by atoms with Gasteiger partial charge in [-0.15, -0.1) is 11.3 Å². The molecule has 0 atom stereocenters. The van der Waals surface area contributed by atoms with E-state index in [2.05, 4.69) is 10.3 Å². The average molecular weight is 441 g/mol. The summed E-state index contributed by atoms with van der Waals surface area (Å²) in [6, 6.07) is 11.3. The van der Waals surface area contributed by atoms with Crippen LogP contribution >= 0.6 is 11.3 Å². The highest BCUT2D eigenvalue weighted by molar-refractivity contribution is 7.15.